The zero-order chi connectivity index (χ0) is 20.9. The number of nitrogens with zero attached hydrogens (tertiary/aromatic N) is 2. The van der Waals surface area contributed by atoms with Crippen molar-refractivity contribution in [2.75, 3.05) is 26.2 Å². The molecule has 1 saturated heterocycles. The van der Waals surface area contributed by atoms with Crippen LogP contribution in [0.5, 0.6) is 5.75 Å². The van der Waals surface area contributed by atoms with Crippen LogP contribution in [0.25, 0.3) is 5.69 Å². The number of piperazine rings is 1. The summed E-state index contributed by atoms with van der Waals surface area (Å²) in [6.07, 6.45) is 1.71. The first kappa shape index (κ1) is 20.0. The molecule has 4 rings (SSSR count). The van der Waals surface area contributed by atoms with Gasteiger partial charge in [-0.05, 0) is 35.9 Å². The van der Waals surface area contributed by atoms with Crippen molar-refractivity contribution in [3.63, 3.8) is 0 Å². The molecule has 1 aliphatic heterocycles. The molecule has 1 amide bonds. The molecule has 1 aromatic heterocycles. The lowest BCUT2D eigenvalue weighted by Gasteiger charge is -2.27. The topological polar surface area (TPSA) is 63.6 Å². The van der Waals surface area contributed by atoms with Gasteiger partial charge in [-0.15, -0.1) is 0 Å². The summed E-state index contributed by atoms with van der Waals surface area (Å²) in [5, 5.41) is 3.24. The van der Waals surface area contributed by atoms with Crippen LogP contribution >= 0.6 is 0 Å². The van der Waals surface area contributed by atoms with Gasteiger partial charge in [0, 0.05) is 49.1 Å². The fourth-order valence-electron chi connectivity index (χ4n) is 3.53. The summed E-state index contributed by atoms with van der Waals surface area (Å²) in [5.74, 6) is 0.599. The lowest BCUT2D eigenvalue weighted by Crippen LogP contribution is -2.46. The summed E-state index contributed by atoms with van der Waals surface area (Å²) >= 11 is 0. The molecule has 0 aliphatic carbocycles. The molecule has 30 heavy (non-hydrogen) atoms. The van der Waals surface area contributed by atoms with Gasteiger partial charge < -0.3 is 15.0 Å². The van der Waals surface area contributed by atoms with Crippen molar-refractivity contribution in [2.45, 2.75) is 6.61 Å². The standard InChI is InChI=1S/C23H24BN3O3/c24-21-20(30-16-17-4-2-1-3-5-17)10-13-27(23(21)29)19-8-6-18(7-9-19)22(28)26-14-11-25-12-15-26/h1-10,13,25H,11-12,14-16,24H2. The number of rotatable bonds is 5. The van der Waals surface area contributed by atoms with E-state index in [4.69, 9.17) is 4.74 Å². The van der Waals surface area contributed by atoms with E-state index >= 15 is 0 Å². The van der Waals surface area contributed by atoms with E-state index in [2.05, 4.69) is 5.32 Å². The molecule has 0 atom stereocenters. The van der Waals surface area contributed by atoms with Gasteiger partial charge in [-0.25, -0.2) is 0 Å². The quantitative estimate of drug-likeness (QED) is 0.641. The van der Waals surface area contributed by atoms with Crippen LogP contribution in [0, 0.1) is 0 Å². The second-order valence-corrected chi connectivity index (χ2v) is 7.34. The molecule has 2 heterocycles. The van der Waals surface area contributed by atoms with Crippen molar-refractivity contribution in [3.05, 3.63) is 88.3 Å². The fraction of sp³-hybridized carbons (Fsp3) is 0.217. The summed E-state index contributed by atoms with van der Waals surface area (Å²) in [5.41, 5.74) is 2.81. The highest BCUT2D eigenvalue weighted by molar-refractivity contribution is 6.33. The van der Waals surface area contributed by atoms with E-state index in [1.807, 2.05) is 35.2 Å². The summed E-state index contributed by atoms with van der Waals surface area (Å²) in [6.45, 7) is 3.47. The normalized spacial score (nSPS) is 13.8. The number of amides is 1. The van der Waals surface area contributed by atoms with Crippen LogP contribution in [-0.4, -0.2) is 49.4 Å². The Bertz CT molecular complexity index is 1080. The van der Waals surface area contributed by atoms with Gasteiger partial charge >= 0.3 is 0 Å². The summed E-state index contributed by atoms with van der Waals surface area (Å²) < 4.78 is 7.42. The number of ether oxygens (including phenoxy) is 1. The molecule has 7 heteroatoms. The second-order valence-electron chi connectivity index (χ2n) is 7.34. The Labute approximate surface area is 176 Å². The minimum Gasteiger partial charge on any atom is -0.489 e. The molecule has 0 bridgehead atoms. The predicted molar refractivity (Wildman–Crippen MR) is 120 cm³/mol. The van der Waals surface area contributed by atoms with Crippen molar-refractivity contribution < 1.29 is 9.53 Å². The third-order valence-corrected chi connectivity index (χ3v) is 5.32. The molecule has 0 saturated carbocycles. The molecule has 0 unspecified atom stereocenters. The summed E-state index contributed by atoms with van der Waals surface area (Å²) in [7, 11) is 1.77. The van der Waals surface area contributed by atoms with Crippen molar-refractivity contribution in [1.82, 2.24) is 14.8 Å². The van der Waals surface area contributed by atoms with Crippen LogP contribution < -0.4 is 21.1 Å². The number of aromatic nitrogens is 1. The van der Waals surface area contributed by atoms with E-state index in [0.717, 1.165) is 24.3 Å². The van der Waals surface area contributed by atoms with Gasteiger partial charge in [-0.2, -0.15) is 0 Å². The second kappa shape index (κ2) is 9.01. The highest BCUT2D eigenvalue weighted by Crippen LogP contribution is 2.13. The number of carbonyl (C=O) groups excluding carboxylic acids is 1. The van der Waals surface area contributed by atoms with E-state index in [-0.39, 0.29) is 11.5 Å². The van der Waals surface area contributed by atoms with Crippen molar-refractivity contribution in [3.8, 4) is 11.4 Å². The Morgan fingerprint density at radius 1 is 1.00 bits per heavy atom. The minimum absolute atomic E-state index is 0.0243. The average Bonchev–Trinajstić information content (AvgIpc) is 2.81. The number of hydrogen-bond acceptors (Lipinski definition) is 4. The van der Waals surface area contributed by atoms with Crippen LogP contribution in [0.15, 0.2) is 71.7 Å². The Kier molecular flexibility index (Phi) is 6.00. The lowest BCUT2D eigenvalue weighted by atomic mass is 9.96. The Morgan fingerprint density at radius 3 is 2.40 bits per heavy atom. The van der Waals surface area contributed by atoms with E-state index in [1.54, 1.807) is 48.9 Å². The third-order valence-electron chi connectivity index (χ3n) is 5.32. The van der Waals surface area contributed by atoms with Gasteiger partial charge in [0.1, 0.15) is 12.4 Å². The van der Waals surface area contributed by atoms with Crippen LogP contribution in [0.4, 0.5) is 0 Å². The van der Waals surface area contributed by atoms with E-state index in [9.17, 15) is 9.59 Å². The molecule has 1 aliphatic rings. The first-order valence-corrected chi connectivity index (χ1v) is 10.1. The molecule has 152 valence electrons. The molecular weight excluding hydrogens is 377 g/mol. The third kappa shape index (κ3) is 4.31. The number of benzene rings is 2. The van der Waals surface area contributed by atoms with Gasteiger partial charge in [0.15, 0.2) is 7.85 Å². The summed E-state index contributed by atoms with van der Waals surface area (Å²) in [4.78, 5) is 27.3. The number of nitrogens with one attached hydrogen (secondary N) is 1. The zero-order valence-corrected chi connectivity index (χ0v) is 17.0. The minimum atomic E-state index is -0.137. The van der Waals surface area contributed by atoms with Crippen LogP contribution in [0.3, 0.4) is 0 Å². The van der Waals surface area contributed by atoms with Crippen molar-refractivity contribution in [1.29, 1.82) is 0 Å². The molecule has 6 nitrogen and oxygen atoms in total. The molecule has 1 fully saturated rings. The molecular formula is C23H24BN3O3. The van der Waals surface area contributed by atoms with Crippen LogP contribution in [0.1, 0.15) is 15.9 Å². The molecule has 2 aromatic carbocycles. The Hall–Kier alpha value is -3.32. The SMILES string of the molecule is Bc1c(OCc2ccccc2)ccn(-c2ccc(C(=O)N3CCNCC3)cc2)c1=O. The number of carbonyl (C=O) groups is 1. The molecule has 3 aromatic rings. The average molecular weight is 401 g/mol. The first-order valence-electron chi connectivity index (χ1n) is 10.1. The van der Waals surface area contributed by atoms with E-state index in [1.165, 1.54) is 0 Å². The first-order chi connectivity index (χ1) is 14.6. The predicted octanol–water partition coefficient (Wildman–Crippen LogP) is 0.720. The largest absolute Gasteiger partial charge is 0.489 e. The van der Waals surface area contributed by atoms with Crippen LogP contribution in [0.2, 0.25) is 0 Å². The van der Waals surface area contributed by atoms with E-state index in [0.29, 0.717) is 36.5 Å². The maximum Gasteiger partial charge on any atom is 0.253 e. The maximum absolute atomic E-state index is 12.9. The van der Waals surface area contributed by atoms with Crippen molar-refractivity contribution >= 4 is 19.2 Å². The number of pyridine rings is 1. The van der Waals surface area contributed by atoms with Gasteiger partial charge in [0.05, 0.1) is 0 Å². The molecule has 0 radical (unpaired) electrons. The Morgan fingerprint density at radius 2 is 1.70 bits per heavy atom. The van der Waals surface area contributed by atoms with E-state index < -0.39 is 0 Å². The van der Waals surface area contributed by atoms with Gasteiger partial charge in [0.2, 0.25) is 0 Å². The smallest absolute Gasteiger partial charge is 0.253 e. The van der Waals surface area contributed by atoms with Gasteiger partial charge in [-0.1, -0.05) is 30.3 Å². The highest BCUT2D eigenvalue weighted by Gasteiger charge is 2.18. The molecule has 0 spiro atoms. The number of hydrogen-bond donors (Lipinski definition) is 1. The van der Waals surface area contributed by atoms with Gasteiger partial charge in [0.25, 0.3) is 11.5 Å². The Balaban J connectivity index is 1.50. The van der Waals surface area contributed by atoms with Crippen molar-refractivity contribution in [2.24, 2.45) is 0 Å². The lowest BCUT2D eigenvalue weighted by molar-refractivity contribution is 0.0736. The monoisotopic (exact) mass is 401 g/mol. The summed E-state index contributed by atoms with van der Waals surface area (Å²) in [6, 6.07) is 18.8. The maximum atomic E-state index is 12.9. The highest BCUT2D eigenvalue weighted by atomic mass is 16.5. The fourth-order valence-corrected chi connectivity index (χ4v) is 3.53. The van der Waals surface area contributed by atoms with Gasteiger partial charge in [-0.3, -0.25) is 14.2 Å². The van der Waals surface area contributed by atoms with Crippen LogP contribution in [-0.2, 0) is 6.61 Å². The zero-order valence-electron chi connectivity index (χ0n) is 17.0. The molecule has 1 N–H and O–H groups in total.